The number of nitrogens with one attached hydrogen (secondary N) is 1. The highest BCUT2D eigenvalue weighted by atomic mass is 32.2. The number of carbonyl (C=O) groups is 1. The van der Waals surface area contributed by atoms with Crippen LogP contribution in [0, 0.1) is 10.1 Å². The van der Waals surface area contributed by atoms with Crippen LogP contribution in [0.2, 0.25) is 0 Å². The number of sulfonamides is 1. The molecule has 0 aromatic heterocycles. The number of non-ortho nitro benzene ring substituents is 1. The van der Waals surface area contributed by atoms with Gasteiger partial charge in [0.15, 0.2) is 0 Å². The summed E-state index contributed by atoms with van der Waals surface area (Å²) in [6.07, 6.45) is -0.104. The van der Waals surface area contributed by atoms with Crippen LogP contribution < -0.4 is 4.72 Å². The topological polar surface area (TPSA) is 119 Å². The average molecular weight is 419 g/mol. The van der Waals surface area contributed by atoms with Crippen molar-refractivity contribution in [2.75, 3.05) is 17.8 Å². The first-order chi connectivity index (χ1) is 13.7. The van der Waals surface area contributed by atoms with E-state index in [-0.39, 0.29) is 34.4 Å². The third-order valence-electron chi connectivity index (χ3n) is 4.43. The lowest BCUT2D eigenvalue weighted by atomic mass is 10.1. The SMILES string of the molecule is C[C@@H]1CN(C(=O)c2ccc(NS(=O)(=O)c3cccc([N+](=O)[O-])c3)cc2)C[C@@H](C)O1. The molecule has 10 heteroatoms. The molecule has 0 aliphatic carbocycles. The Hall–Kier alpha value is -2.98. The van der Waals surface area contributed by atoms with Crippen molar-refractivity contribution in [2.45, 2.75) is 31.0 Å². The Morgan fingerprint density at radius 2 is 1.76 bits per heavy atom. The minimum absolute atomic E-state index is 0.0521. The number of amides is 1. The number of nitro benzene ring substituents is 1. The monoisotopic (exact) mass is 419 g/mol. The van der Waals surface area contributed by atoms with E-state index in [1.807, 2.05) is 13.8 Å². The molecule has 1 aliphatic rings. The third kappa shape index (κ3) is 4.90. The Kier molecular flexibility index (Phi) is 5.85. The van der Waals surface area contributed by atoms with E-state index in [0.29, 0.717) is 18.7 Å². The highest BCUT2D eigenvalue weighted by molar-refractivity contribution is 7.92. The summed E-state index contributed by atoms with van der Waals surface area (Å²) in [6.45, 7) is 4.79. The Labute approximate surface area is 168 Å². The molecule has 1 N–H and O–H groups in total. The molecule has 2 aromatic carbocycles. The normalized spacial score (nSPS) is 19.6. The van der Waals surface area contributed by atoms with Gasteiger partial charge in [-0.15, -0.1) is 0 Å². The highest BCUT2D eigenvalue weighted by Gasteiger charge is 2.26. The first-order valence-electron chi connectivity index (χ1n) is 8.98. The number of hydrogen-bond acceptors (Lipinski definition) is 6. The van der Waals surface area contributed by atoms with Crippen LogP contribution in [0.3, 0.4) is 0 Å². The van der Waals surface area contributed by atoms with Gasteiger partial charge in [0.05, 0.1) is 22.0 Å². The minimum Gasteiger partial charge on any atom is -0.372 e. The van der Waals surface area contributed by atoms with E-state index in [1.165, 1.54) is 30.3 Å². The van der Waals surface area contributed by atoms with E-state index in [2.05, 4.69) is 4.72 Å². The first-order valence-corrected chi connectivity index (χ1v) is 10.5. The van der Waals surface area contributed by atoms with Gasteiger partial charge in [-0.25, -0.2) is 8.42 Å². The fraction of sp³-hybridized carbons (Fsp3) is 0.316. The van der Waals surface area contributed by atoms with Crippen molar-refractivity contribution in [3.8, 4) is 0 Å². The van der Waals surface area contributed by atoms with Crippen LogP contribution in [0.1, 0.15) is 24.2 Å². The summed E-state index contributed by atoms with van der Waals surface area (Å²) < 4.78 is 33.0. The maximum atomic E-state index is 12.7. The lowest BCUT2D eigenvalue weighted by Crippen LogP contribution is -2.48. The summed E-state index contributed by atoms with van der Waals surface area (Å²) in [5, 5.41) is 10.9. The van der Waals surface area contributed by atoms with Crippen LogP contribution in [0.25, 0.3) is 0 Å². The molecule has 0 bridgehead atoms. The summed E-state index contributed by atoms with van der Waals surface area (Å²) in [4.78, 5) is 24.4. The van der Waals surface area contributed by atoms with Crippen molar-refractivity contribution in [1.82, 2.24) is 4.90 Å². The van der Waals surface area contributed by atoms with Gasteiger partial charge in [-0.1, -0.05) is 6.07 Å². The molecule has 1 amide bonds. The van der Waals surface area contributed by atoms with E-state index < -0.39 is 14.9 Å². The third-order valence-corrected chi connectivity index (χ3v) is 5.81. The Morgan fingerprint density at radius 3 is 2.34 bits per heavy atom. The molecule has 2 atom stereocenters. The molecule has 0 saturated carbocycles. The Morgan fingerprint density at radius 1 is 1.14 bits per heavy atom. The maximum Gasteiger partial charge on any atom is 0.270 e. The van der Waals surface area contributed by atoms with Crippen LogP contribution in [0.4, 0.5) is 11.4 Å². The second-order valence-corrected chi connectivity index (χ2v) is 8.59. The van der Waals surface area contributed by atoms with Crippen molar-refractivity contribution in [3.63, 3.8) is 0 Å². The predicted molar refractivity (Wildman–Crippen MR) is 106 cm³/mol. The molecule has 29 heavy (non-hydrogen) atoms. The van der Waals surface area contributed by atoms with Crippen LogP contribution in [0.5, 0.6) is 0 Å². The molecule has 0 spiro atoms. The molecule has 0 unspecified atom stereocenters. The lowest BCUT2D eigenvalue weighted by Gasteiger charge is -2.35. The number of anilines is 1. The summed E-state index contributed by atoms with van der Waals surface area (Å²) >= 11 is 0. The fourth-order valence-corrected chi connectivity index (χ4v) is 4.28. The molecule has 154 valence electrons. The van der Waals surface area contributed by atoms with Gasteiger partial charge in [0.25, 0.3) is 21.6 Å². The first kappa shape index (κ1) is 20.7. The van der Waals surface area contributed by atoms with E-state index in [0.717, 1.165) is 6.07 Å². The Bertz CT molecular complexity index is 1010. The van der Waals surface area contributed by atoms with Gasteiger partial charge < -0.3 is 9.64 Å². The molecule has 9 nitrogen and oxygen atoms in total. The quantitative estimate of drug-likeness (QED) is 0.588. The van der Waals surface area contributed by atoms with Gasteiger partial charge in [0.2, 0.25) is 0 Å². The van der Waals surface area contributed by atoms with Crippen molar-refractivity contribution in [1.29, 1.82) is 0 Å². The molecule has 1 fully saturated rings. The highest BCUT2D eigenvalue weighted by Crippen LogP contribution is 2.21. The van der Waals surface area contributed by atoms with Crippen molar-refractivity contribution < 1.29 is 22.9 Å². The smallest absolute Gasteiger partial charge is 0.270 e. The van der Waals surface area contributed by atoms with E-state index in [1.54, 1.807) is 17.0 Å². The van der Waals surface area contributed by atoms with Crippen LogP contribution >= 0.6 is 0 Å². The van der Waals surface area contributed by atoms with E-state index >= 15 is 0 Å². The average Bonchev–Trinajstić information content (AvgIpc) is 2.67. The summed E-state index contributed by atoms with van der Waals surface area (Å²) in [6, 6.07) is 10.8. The molecule has 1 aliphatic heterocycles. The van der Waals surface area contributed by atoms with Gasteiger partial charge in [-0.05, 0) is 44.2 Å². The number of hydrogen-bond donors (Lipinski definition) is 1. The van der Waals surface area contributed by atoms with Gasteiger partial charge in [-0.3, -0.25) is 19.6 Å². The molecule has 3 rings (SSSR count). The van der Waals surface area contributed by atoms with Crippen LogP contribution in [-0.2, 0) is 14.8 Å². The van der Waals surface area contributed by atoms with Gasteiger partial charge in [-0.2, -0.15) is 0 Å². The fourth-order valence-electron chi connectivity index (χ4n) is 3.19. The van der Waals surface area contributed by atoms with Crippen LogP contribution in [0.15, 0.2) is 53.4 Å². The zero-order valence-electron chi connectivity index (χ0n) is 15.9. The minimum atomic E-state index is -4.00. The van der Waals surface area contributed by atoms with Crippen LogP contribution in [-0.4, -0.2) is 49.4 Å². The lowest BCUT2D eigenvalue weighted by molar-refractivity contribution is -0.385. The molecule has 1 heterocycles. The summed E-state index contributed by atoms with van der Waals surface area (Å²) in [7, 11) is -4.00. The number of nitro groups is 1. The van der Waals surface area contributed by atoms with Crippen molar-refractivity contribution in [2.24, 2.45) is 0 Å². The molecule has 2 aromatic rings. The van der Waals surface area contributed by atoms with Crippen molar-refractivity contribution >= 4 is 27.3 Å². The number of benzene rings is 2. The zero-order valence-corrected chi connectivity index (χ0v) is 16.8. The number of nitrogens with zero attached hydrogens (tertiary/aromatic N) is 2. The molecule has 0 radical (unpaired) electrons. The summed E-state index contributed by atoms with van der Waals surface area (Å²) in [5.41, 5.74) is 0.365. The van der Waals surface area contributed by atoms with E-state index in [4.69, 9.17) is 4.74 Å². The van der Waals surface area contributed by atoms with E-state index in [9.17, 15) is 23.3 Å². The second-order valence-electron chi connectivity index (χ2n) is 6.90. The van der Waals surface area contributed by atoms with Gasteiger partial charge in [0, 0.05) is 36.5 Å². The Balaban J connectivity index is 1.74. The maximum absolute atomic E-state index is 12.7. The molecular weight excluding hydrogens is 398 g/mol. The van der Waals surface area contributed by atoms with Gasteiger partial charge in [0.1, 0.15) is 0 Å². The second kappa shape index (κ2) is 8.18. The number of rotatable bonds is 5. The van der Waals surface area contributed by atoms with Gasteiger partial charge >= 0.3 is 0 Å². The summed E-state index contributed by atoms with van der Waals surface area (Å²) in [5.74, 6) is -0.153. The zero-order chi connectivity index (χ0) is 21.2. The standard InChI is InChI=1S/C19H21N3O6S/c1-13-11-21(12-14(2)28-13)19(23)15-6-8-16(9-7-15)20-29(26,27)18-5-3-4-17(10-18)22(24)25/h3-10,13-14,20H,11-12H2,1-2H3/t13-,14-/m1/s1. The largest absolute Gasteiger partial charge is 0.372 e. The molecular formula is C19H21N3O6S. The number of ether oxygens (including phenoxy) is 1. The van der Waals surface area contributed by atoms with Crippen molar-refractivity contribution in [3.05, 3.63) is 64.2 Å². The predicted octanol–water partition coefficient (Wildman–Crippen LogP) is 2.65. The number of morpholine rings is 1. The molecule has 1 saturated heterocycles. The number of carbonyl (C=O) groups excluding carboxylic acids is 1.